The molecular weight excluding hydrogens is 370 g/mol. The highest BCUT2D eigenvalue weighted by Crippen LogP contribution is 2.21. The minimum Gasteiger partial charge on any atom is -0.481 e. The number of thiocarbonyl (C=S) groups is 1. The number of hydrogen-bond donors (Lipinski definition) is 3. The Labute approximate surface area is 170 Å². The van der Waals surface area contributed by atoms with Crippen LogP contribution in [0.15, 0.2) is 60.7 Å². The molecule has 0 fully saturated rings. The van der Waals surface area contributed by atoms with Gasteiger partial charge in [0, 0.05) is 5.69 Å². The van der Waals surface area contributed by atoms with Gasteiger partial charge >= 0.3 is 0 Å². The van der Waals surface area contributed by atoms with Crippen LogP contribution < -0.4 is 20.9 Å². The number of ether oxygens (including phenoxy) is 1. The van der Waals surface area contributed by atoms with Crippen molar-refractivity contribution in [2.24, 2.45) is 0 Å². The van der Waals surface area contributed by atoms with Crippen molar-refractivity contribution in [1.29, 1.82) is 0 Å². The molecule has 5 nitrogen and oxygen atoms in total. The zero-order valence-electron chi connectivity index (χ0n) is 16.1. The second-order valence-corrected chi connectivity index (χ2v) is 6.99. The molecular formula is C22H23N3O2S. The first kappa shape index (κ1) is 19.6. The first-order valence-electron chi connectivity index (χ1n) is 9.02. The number of carbonyl (C=O) groups is 1. The molecule has 144 valence electrons. The summed E-state index contributed by atoms with van der Waals surface area (Å²) >= 11 is 5.25. The molecule has 0 aliphatic rings. The van der Waals surface area contributed by atoms with Crippen LogP contribution >= 0.6 is 12.2 Å². The standard InChI is InChI=1S/C22H23N3O2S/c1-14-7-6-10-20(15(14)2)23-22(28)25-24-21(26)16(3)27-19-12-11-17-8-4-5-9-18(17)13-19/h4-13,16H,1-3H3,(H,24,26)(H2,23,25,28)/t16-/m0/s1. The third-order valence-corrected chi connectivity index (χ3v) is 4.76. The number of benzene rings is 3. The van der Waals surface area contributed by atoms with Gasteiger partial charge in [0.2, 0.25) is 0 Å². The van der Waals surface area contributed by atoms with E-state index in [1.165, 1.54) is 0 Å². The number of hydrogen-bond acceptors (Lipinski definition) is 3. The van der Waals surface area contributed by atoms with Crippen molar-refractivity contribution in [3.63, 3.8) is 0 Å². The van der Waals surface area contributed by atoms with Crippen LogP contribution in [0.1, 0.15) is 18.1 Å². The molecule has 3 aromatic rings. The number of amides is 1. The topological polar surface area (TPSA) is 62.4 Å². The van der Waals surface area contributed by atoms with Gasteiger partial charge in [-0.3, -0.25) is 15.6 Å². The molecule has 0 aliphatic carbocycles. The molecule has 0 heterocycles. The predicted octanol–water partition coefficient (Wildman–Crippen LogP) is 4.24. The number of rotatable bonds is 4. The Balaban J connectivity index is 1.53. The summed E-state index contributed by atoms with van der Waals surface area (Å²) in [7, 11) is 0. The Kier molecular flexibility index (Phi) is 6.11. The van der Waals surface area contributed by atoms with Gasteiger partial charge in [0.1, 0.15) is 5.75 Å². The van der Waals surface area contributed by atoms with E-state index >= 15 is 0 Å². The van der Waals surface area contributed by atoms with Gasteiger partial charge in [0.15, 0.2) is 11.2 Å². The second-order valence-electron chi connectivity index (χ2n) is 6.58. The predicted molar refractivity (Wildman–Crippen MR) is 117 cm³/mol. The smallest absolute Gasteiger partial charge is 0.279 e. The van der Waals surface area contributed by atoms with Gasteiger partial charge in [-0.25, -0.2) is 0 Å². The van der Waals surface area contributed by atoms with Crippen molar-refractivity contribution in [2.75, 3.05) is 5.32 Å². The van der Waals surface area contributed by atoms with Crippen LogP contribution in [0.25, 0.3) is 10.8 Å². The van der Waals surface area contributed by atoms with E-state index in [9.17, 15) is 4.79 Å². The molecule has 1 amide bonds. The van der Waals surface area contributed by atoms with Crippen LogP contribution in [0.2, 0.25) is 0 Å². The Bertz CT molecular complexity index is 1020. The first-order chi connectivity index (χ1) is 13.4. The van der Waals surface area contributed by atoms with E-state index in [1.807, 2.05) is 74.5 Å². The summed E-state index contributed by atoms with van der Waals surface area (Å²) in [5.41, 5.74) is 8.45. The van der Waals surface area contributed by atoms with Gasteiger partial charge in [-0.2, -0.15) is 0 Å². The van der Waals surface area contributed by atoms with Crippen LogP contribution in [0.4, 0.5) is 5.69 Å². The van der Waals surface area contributed by atoms with E-state index in [4.69, 9.17) is 17.0 Å². The summed E-state index contributed by atoms with van der Waals surface area (Å²) < 4.78 is 5.75. The summed E-state index contributed by atoms with van der Waals surface area (Å²) in [6, 6.07) is 19.6. The fraction of sp³-hybridized carbons (Fsp3) is 0.182. The average molecular weight is 394 g/mol. The van der Waals surface area contributed by atoms with E-state index in [-0.39, 0.29) is 5.91 Å². The number of carbonyl (C=O) groups excluding carboxylic acids is 1. The maximum Gasteiger partial charge on any atom is 0.279 e. The molecule has 3 rings (SSSR count). The monoisotopic (exact) mass is 393 g/mol. The summed E-state index contributed by atoms with van der Waals surface area (Å²) in [5, 5.41) is 5.57. The van der Waals surface area contributed by atoms with Crippen molar-refractivity contribution in [3.05, 3.63) is 71.8 Å². The van der Waals surface area contributed by atoms with E-state index in [2.05, 4.69) is 16.2 Å². The molecule has 0 aromatic heterocycles. The molecule has 0 saturated carbocycles. The molecule has 3 N–H and O–H groups in total. The highest BCUT2D eigenvalue weighted by molar-refractivity contribution is 7.80. The lowest BCUT2D eigenvalue weighted by Crippen LogP contribution is -2.48. The molecule has 0 spiro atoms. The molecule has 0 radical (unpaired) electrons. The van der Waals surface area contributed by atoms with Gasteiger partial charge in [-0.1, -0.05) is 42.5 Å². The number of nitrogens with one attached hydrogen (secondary N) is 3. The maximum absolute atomic E-state index is 12.3. The Morgan fingerprint density at radius 2 is 1.71 bits per heavy atom. The molecule has 0 aliphatic heterocycles. The van der Waals surface area contributed by atoms with Crippen molar-refractivity contribution < 1.29 is 9.53 Å². The van der Waals surface area contributed by atoms with Gasteiger partial charge < -0.3 is 10.1 Å². The second kappa shape index (κ2) is 8.71. The molecule has 0 saturated heterocycles. The van der Waals surface area contributed by atoms with Crippen molar-refractivity contribution >= 4 is 39.7 Å². The Hall–Kier alpha value is -3.12. The SMILES string of the molecule is Cc1cccc(NC(=S)NNC(=O)[C@H](C)Oc2ccc3ccccc3c2)c1C. The van der Waals surface area contributed by atoms with E-state index < -0.39 is 6.10 Å². The van der Waals surface area contributed by atoms with Gasteiger partial charge in [-0.05, 0) is 73.1 Å². The largest absolute Gasteiger partial charge is 0.481 e. The van der Waals surface area contributed by atoms with Crippen molar-refractivity contribution in [1.82, 2.24) is 10.9 Å². The van der Waals surface area contributed by atoms with Crippen LogP contribution in [-0.4, -0.2) is 17.1 Å². The third-order valence-electron chi connectivity index (χ3n) is 4.56. The lowest BCUT2D eigenvalue weighted by atomic mass is 10.1. The number of hydrazine groups is 1. The lowest BCUT2D eigenvalue weighted by molar-refractivity contribution is -0.127. The van der Waals surface area contributed by atoms with Gasteiger partial charge in [-0.15, -0.1) is 0 Å². The van der Waals surface area contributed by atoms with Crippen LogP contribution in [0.3, 0.4) is 0 Å². The van der Waals surface area contributed by atoms with Crippen molar-refractivity contribution in [3.8, 4) is 5.75 Å². The normalized spacial score (nSPS) is 11.5. The van der Waals surface area contributed by atoms with Crippen LogP contribution in [0, 0.1) is 13.8 Å². The van der Waals surface area contributed by atoms with Crippen LogP contribution in [0.5, 0.6) is 5.75 Å². The van der Waals surface area contributed by atoms with E-state index in [0.717, 1.165) is 27.6 Å². The molecule has 3 aromatic carbocycles. The zero-order chi connectivity index (χ0) is 20.1. The number of aryl methyl sites for hydroxylation is 1. The van der Waals surface area contributed by atoms with Gasteiger partial charge in [0.25, 0.3) is 5.91 Å². The number of anilines is 1. The Morgan fingerprint density at radius 1 is 0.964 bits per heavy atom. The van der Waals surface area contributed by atoms with Crippen molar-refractivity contribution in [2.45, 2.75) is 26.9 Å². The zero-order valence-corrected chi connectivity index (χ0v) is 16.9. The van der Waals surface area contributed by atoms with E-state index in [0.29, 0.717) is 10.9 Å². The third kappa shape index (κ3) is 4.78. The maximum atomic E-state index is 12.3. The molecule has 28 heavy (non-hydrogen) atoms. The lowest BCUT2D eigenvalue weighted by Gasteiger charge is -2.17. The first-order valence-corrected chi connectivity index (χ1v) is 9.43. The highest BCUT2D eigenvalue weighted by atomic mass is 32.1. The minimum atomic E-state index is -0.683. The average Bonchev–Trinajstić information content (AvgIpc) is 2.69. The fourth-order valence-electron chi connectivity index (χ4n) is 2.76. The quantitative estimate of drug-likeness (QED) is 0.457. The summed E-state index contributed by atoms with van der Waals surface area (Å²) in [6.45, 7) is 5.73. The molecule has 6 heteroatoms. The molecule has 0 bridgehead atoms. The summed E-state index contributed by atoms with van der Waals surface area (Å²) in [5.74, 6) is 0.315. The van der Waals surface area contributed by atoms with E-state index in [1.54, 1.807) is 6.92 Å². The van der Waals surface area contributed by atoms with Gasteiger partial charge in [0.05, 0.1) is 0 Å². The highest BCUT2D eigenvalue weighted by Gasteiger charge is 2.15. The molecule has 1 atom stereocenters. The fourth-order valence-corrected chi connectivity index (χ4v) is 2.92. The molecule has 0 unspecified atom stereocenters. The Morgan fingerprint density at radius 3 is 2.50 bits per heavy atom. The number of fused-ring (bicyclic) bond motifs is 1. The van der Waals surface area contributed by atoms with Crippen LogP contribution in [-0.2, 0) is 4.79 Å². The minimum absolute atomic E-state index is 0.306. The summed E-state index contributed by atoms with van der Waals surface area (Å²) in [6.07, 6.45) is -0.683. The summed E-state index contributed by atoms with van der Waals surface area (Å²) in [4.78, 5) is 12.3.